The molecule has 15 heavy (non-hydrogen) atoms. The average molecular weight is 238 g/mol. The first-order chi connectivity index (χ1) is 7.38. The van der Waals surface area contributed by atoms with Gasteiger partial charge >= 0.3 is 0 Å². The molecule has 1 aromatic heterocycles. The summed E-state index contributed by atoms with van der Waals surface area (Å²) < 4.78 is 9.15. The molecule has 0 aliphatic heterocycles. The highest BCUT2D eigenvalue weighted by atomic mass is 32.2. The molecule has 0 fully saturated rings. The number of rotatable bonds is 4. The highest BCUT2D eigenvalue weighted by Crippen LogP contribution is 2.24. The van der Waals surface area contributed by atoms with Crippen LogP contribution < -0.4 is 4.74 Å². The van der Waals surface area contributed by atoms with E-state index in [9.17, 15) is 0 Å². The number of benzene rings is 1. The summed E-state index contributed by atoms with van der Waals surface area (Å²) in [6, 6.07) is 10.3. The predicted octanol–water partition coefficient (Wildman–Crippen LogP) is 2.84. The summed E-state index contributed by atoms with van der Waals surface area (Å²) in [5.74, 6) is 0.890. The highest BCUT2D eigenvalue weighted by molar-refractivity contribution is 7.98. The summed E-state index contributed by atoms with van der Waals surface area (Å²) in [6.45, 7) is 0. The normalized spacial score (nSPS) is 10.2. The van der Waals surface area contributed by atoms with Gasteiger partial charge in [0.05, 0.1) is 7.11 Å². The van der Waals surface area contributed by atoms with E-state index >= 15 is 0 Å². The lowest BCUT2D eigenvalue weighted by molar-refractivity contribution is 0.409. The van der Waals surface area contributed by atoms with Gasteiger partial charge in [-0.15, -0.1) is 0 Å². The molecule has 78 valence electrons. The molecule has 0 spiro atoms. The zero-order valence-electron chi connectivity index (χ0n) is 8.21. The molecule has 0 amide bonds. The van der Waals surface area contributed by atoms with Crippen molar-refractivity contribution in [1.82, 2.24) is 9.36 Å². The van der Waals surface area contributed by atoms with Crippen LogP contribution in [0, 0.1) is 0 Å². The molecule has 5 heteroatoms. The van der Waals surface area contributed by atoms with Gasteiger partial charge in [0.1, 0.15) is 0 Å². The van der Waals surface area contributed by atoms with E-state index in [1.54, 1.807) is 18.9 Å². The zero-order chi connectivity index (χ0) is 10.5. The Morgan fingerprint density at radius 3 is 2.80 bits per heavy atom. The van der Waals surface area contributed by atoms with Crippen LogP contribution >= 0.6 is 23.3 Å². The van der Waals surface area contributed by atoms with Gasteiger partial charge in [0, 0.05) is 17.3 Å². The van der Waals surface area contributed by atoms with Crippen molar-refractivity contribution in [2.75, 3.05) is 7.11 Å². The highest BCUT2D eigenvalue weighted by Gasteiger charge is 2.04. The van der Waals surface area contributed by atoms with E-state index < -0.39 is 0 Å². The zero-order valence-corrected chi connectivity index (χ0v) is 9.85. The molecule has 3 nitrogen and oxygen atoms in total. The minimum atomic E-state index is 0.616. The van der Waals surface area contributed by atoms with Crippen LogP contribution in [-0.2, 0) is 5.75 Å². The Kier molecular flexibility index (Phi) is 3.58. The van der Waals surface area contributed by atoms with Crippen molar-refractivity contribution in [3.05, 3.63) is 35.9 Å². The fourth-order valence-corrected chi connectivity index (χ4v) is 2.48. The van der Waals surface area contributed by atoms with Crippen LogP contribution in [-0.4, -0.2) is 16.5 Å². The van der Waals surface area contributed by atoms with Crippen molar-refractivity contribution in [2.45, 2.75) is 10.9 Å². The third-order valence-electron chi connectivity index (χ3n) is 1.77. The van der Waals surface area contributed by atoms with Gasteiger partial charge in [-0.05, 0) is 5.56 Å². The maximum Gasteiger partial charge on any atom is 0.293 e. The van der Waals surface area contributed by atoms with Gasteiger partial charge in [-0.2, -0.15) is 9.36 Å². The smallest absolute Gasteiger partial charge is 0.293 e. The second-order valence-electron chi connectivity index (χ2n) is 2.82. The Morgan fingerprint density at radius 2 is 2.13 bits per heavy atom. The topological polar surface area (TPSA) is 35.0 Å². The number of ether oxygens (including phenoxy) is 1. The number of nitrogens with zero attached hydrogens (tertiary/aromatic N) is 2. The number of hydrogen-bond donors (Lipinski definition) is 0. The molecule has 1 heterocycles. The largest absolute Gasteiger partial charge is 0.472 e. The predicted molar refractivity (Wildman–Crippen MR) is 62.5 cm³/mol. The maximum absolute atomic E-state index is 4.98. The van der Waals surface area contributed by atoms with Gasteiger partial charge in [-0.25, -0.2) is 0 Å². The van der Waals surface area contributed by atoms with Gasteiger partial charge in [0.25, 0.3) is 5.19 Å². The van der Waals surface area contributed by atoms with Crippen molar-refractivity contribution in [3.8, 4) is 5.19 Å². The van der Waals surface area contributed by atoms with Gasteiger partial charge in [-0.1, -0.05) is 42.1 Å². The van der Waals surface area contributed by atoms with Crippen LogP contribution in [0.2, 0.25) is 0 Å². The molecule has 0 saturated carbocycles. The van der Waals surface area contributed by atoms with E-state index in [1.807, 2.05) is 18.2 Å². The second kappa shape index (κ2) is 5.14. The Hall–Kier alpha value is -1.07. The lowest BCUT2D eigenvalue weighted by Crippen LogP contribution is -1.82. The first-order valence-electron chi connectivity index (χ1n) is 4.43. The van der Waals surface area contributed by atoms with E-state index in [2.05, 4.69) is 21.5 Å². The Bertz CT molecular complexity index is 416. The Morgan fingerprint density at radius 1 is 1.33 bits per heavy atom. The summed E-state index contributed by atoms with van der Waals surface area (Å²) in [4.78, 5) is 4.19. The van der Waals surface area contributed by atoms with E-state index in [-0.39, 0.29) is 0 Å². The number of aromatic nitrogens is 2. The fraction of sp³-hybridized carbons (Fsp3) is 0.200. The van der Waals surface area contributed by atoms with Crippen LogP contribution in [0.5, 0.6) is 5.19 Å². The minimum absolute atomic E-state index is 0.616. The molecular weight excluding hydrogens is 228 g/mol. The lowest BCUT2D eigenvalue weighted by Gasteiger charge is -1.96. The summed E-state index contributed by atoms with van der Waals surface area (Å²) in [7, 11) is 1.60. The molecular formula is C10H10N2OS2. The standard InChI is InChI=1S/C10H10N2OS2/c1-13-10-11-9(12-15-10)14-7-8-5-3-2-4-6-8/h2-6H,7H2,1H3. The molecule has 0 aliphatic carbocycles. The second-order valence-corrected chi connectivity index (χ2v) is 4.48. The van der Waals surface area contributed by atoms with E-state index in [1.165, 1.54) is 17.1 Å². The quantitative estimate of drug-likeness (QED) is 0.767. The van der Waals surface area contributed by atoms with Crippen molar-refractivity contribution >= 4 is 23.3 Å². The molecule has 0 unspecified atom stereocenters. The van der Waals surface area contributed by atoms with Crippen molar-refractivity contribution in [2.24, 2.45) is 0 Å². The summed E-state index contributed by atoms with van der Waals surface area (Å²) in [6.07, 6.45) is 0. The molecule has 0 atom stereocenters. The van der Waals surface area contributed by atoms with Gasteiger partial charge in [0.15, 0.2) is 0 Å². The number of methoxy groups -OCH3 is 1. The Labute approximate surface area is 96.7 Å². The summed E-state index contributed by atoms with van der Waals surface area (Å²) in [5, 5.41) is 1.39. The van der Waals surface area contributed by atoms with Crippen molar-refractivity contribution in [1.29, 1.82) is 0 Å². The number of hydrogen-bond acceptors (Lipinski definition) is 5. The Balaban J connectivity index is 1.93. The van der Waals surface area contributed by atoms with Gasteiger partial charge in [0.2, 0.25) is 5.16 Å². The molecule has 0 bridgehead atoms. The summed E-state index contributed by atoms with van der Waals surface area (Å²) in [5.41, 5.74) is 1.27. The van der Waals surface area contributed by atoms with E-state index in [0.717, 1.165) is 10.9 Å². The number of thioether (sulfide) groups is 1. The molecule has 1 aromatic carbocycles. The molecule has 0 saturated heterocycles. The minimum Gasteiger partial charge on any atom is -0.472 e. The van der Waals surface area contributed by atoms with Crippen LogP contribution in [0.3, 0.4) is 0 Å². The van der Waals surface area contributed by atoms with Gasteiger partial charge in [-0.3, -0.25) is 0 Å². The van der Waals surface area contributed by atoms with Crippen LogP contribution in [0.25, 0.3) is 0 Å². The molecule has 0 radical (unpaired) electrons. The summed E-state index contributed by atoms with van der Waals surface area (Å²) >= 11 is 2.90. The average Bonchev–Trinajstić information content (AvgIpc) is 2.76. The van der Waals surface area contributed by atoms with Crippen LogP contribution in [0.1, 0.15) is 5.56 Å². The monoisotopic (exact) mass is 238 g/mol. The van der Waals surface area contributed by atoms with E-state index in [0.29, 0.717) is 5.19 Å². The first kappa shape index (κ1) is 10.4. The molecule has 0 aliphatic rings. The van der Waals surface area contributed by atoms with E-state index in [4.69, 9.17) is 4.74 Å². The van der Waals surface area contributed by atoms with Crippen molar-refractivity contribution in [3.63, 3.8) is 0 Å². The third-order valence-corrected chi connectivity index (χ3v) is 3.49. The molecule has 2 rings (SSSR count). The van der Waals surface area contributed by atoms with Crippen molar-refractivity contribution < 1.29 is 4.74 Å². The first-order valence-corrected chi connectivity index (χ1v) is 6.19. The maximum atomic E-state index is 4.98. The van der Waals surface area contributed by atoms with Crippen LogP contribution in [0.15, 0.2) is 35.5 Å². The fourth-order valence-electron chi connectivity index (χ4n) is 1.06. The molecule has 2 aromatic rings. The SMILES string of the molecule is COc1nc(SCc2ccccc2)ns1. The lowest BCUT2D eigenvalue weighted by atomic mass is 10.2. The van der Waals surface area contributed by atoms with Crippen LogP contribution in [0.4, 0.5) is 0 Å². The third kappa shape index (κ3) is 2.94. The molecule has 0 N–H and O–H groups in total. The van der Waals surface area contributed by atoms with Gasteiger partial charge < -0.3 is 4.74 Å².